The minimum absolute atomic E-state index is 0.158. The Morgan fingerprint density at radius 1 is 1.19 bits per heavy atom. The first-order valence-electron chi connectivity index (χ1n) is 9.15. The van der Waals surface area contributed by atoms with E-state index in [1.165, 1.54) is 0 Å². The van der Waals surface area contributed by atoms with Gasteiger partial charge in [-0.25, -0.2) is 11.4 Å². The van der Waals surface area contributed by atoms with Crippen LogP contribution < -0.4 is 0 Å². The van der Waals surface area contributed by atoms with Crippen molar-refractivity contribution in [3.05, 3.63) is 71.1 Å². The lowest BCUT2D eigenvalue weighted by Gasteiger charge is -2.28. The Balaban J connectivity index is 1.88. The fourth-order valence-corrected chi connectivity index (χ4v) is 3.41. The van der Waals surface area contributed by atoms with Crippen LogP contribution in [0.25, 0.3) is 16.0 Å². The van der Waals surface area contributed by atoms with E-state index in [4.69, 9.17) is 11.3 Å². The van der Waals surface area contributed by atoms with Crippen LogP contribution in [0.3, 0.4) is 0 Å². The number of nitrogens with zero attached hydrogens (tertiary/aromatic N) is 2. The van der Waals surface area contributed by atoms with Gasteiger partial charge in [0, 0.05) is 32.5 Å². The van der Waals surface area contributed by atoms with Crippen LogP contribution in [0.15, 0.2) is 48.5 Å². The summed E-state index contributed by atoms with van der Waals surface area (Å²) >= 11 is 0. The summed E-state index contributed by atoms with van der Waals surface area (Å²) in [6, 6.07) is 16.2. The first kappa shape index (κ1) is 18.2. The first-order chi connectivity index (χ1) is 12.7. The molecule has 0 radical (unpaired) electrons. The summed E-state index contributed by atoms with van der Waals surface area (Å²) in [6.07, 6.45) is 1.84. The van der Waals surface area contributed by atoms with Crippen LogP contribution in [0.2, 0.25) is 0 Å². The summed E-state index contributed by atoms with van der Waals surface area (Å²) in [4.78, 5) is 18.2. The van der Waals surface area contributed by atoms with E-state index >= 15 is 0 Å². The SMILES string of the molecule is [C-]#[N+]C1CCN(Cc2cc(C(=O)OCC)ccc2-c2ccccc2)CC1. The molecule has 4 nitrogen and oxygen atoms in total. The summed E-state index contributed by atoms with van der Waals surface area (Å²) in [5.74, 6) is -0.278. The van der Waals surface area contributed by atoms with Gasteiger partial charge in [-0.15, -0.1) is 0 Å². The highest BCUT2D eigenvalue weighted by atomic mass is 16.5. The van der Waals surface area contributed by atoms with Crippen molar-refractivity contribution in [1.82, 2.24) is 4.90 Å². The zero-order valence-electron chi connectivity index (χ0n) is 15.1. The molecule has 0 atom stereocenters. The molecule has 0 amide bonds. The predicted octanol–water partition coefficient (Wildman–Crippen LogP) is 4.41. The van der Waals surface area contributed by atoms with Crippen molar-refractivity contribution in [1.29, 1.82) is 0 Å². The maximum absolute atomic E-state index is 12.1. The average molecular weight is 348 g/mol. The van der Waals surface area contributed by atoms with Gasteiger partial charge in [0.05, 0.1) is 12.2 Å². The molecule has 2 aromatic rings. The van der Waals surface area contributed by atoms with E-state index in [-0.39, 0.29) is 12.0 Å². The fraction of sp³-hybridized carbons (Fsp3) is 0.364. The maximum Gasteiger partial charge on any atom is 0.338 e. The van der Waals surface area contributed by atoms with E-state index in [0.29, 0.717) is 12.2 Å². The molecule has 1 fully saturated rings. The van der Waals surface area contributed by atoms with Gasteiger partial charge in [0.1, 0.15) is 0 Å². The van der Waals surface area contributed by atoms with Crippen molar-refractivity contribution in [3.8, 4) is 11.1 Å². The van der Waals surface area contributed by atoms with E-state index in [1.54, 1.807) is 0 Å². The third kappa shape index (κ3) is 4.30. The lowest BCUT2D eigenvalue weighted by Crippen LogP contribution is -2.34. The molecule has 1 aliphatic heterocycles. The van der Waals surface area contributed by atoms with Crippen LogP contribution in [0, 0.1) is 6.57 Å². The molecule has 0 unspecified atom stereocenters. The van der Waals surface area contributed by atoms with Crippen molar-refractivity contribution < 1.29 is 9.53 Å². The van der Waals surface area contributed by atoms with Gasteiger partial charge in [0.25, 0.3) is 0 Å². The van der Waals surface area contributed by atoms with Gasteiger partial charge in [-0.05, 0) is 35.7 Å². The normalized spacial score (nSPS) is 15.4. The number of ether oxygens (including phenoxy) is 1. The van der Waals surface area contributed by atoms with E-state index in [2.05, 4.69) is 21.9 Å². The summed E-state index contributed by atoms with van der Waals surface area (Å²) in [5.41, 5.74) is 4.01. The number of carbonyl (C=O) groups excluding carboxylic acids is 1. The number of hydrogen-bond acceptors (Lipinski definition) is 3. The molecule has 0 N–H and O–H groups in total. The second-order valence-corrected chi connectivity index (χ2v) is 6.59. The van der Waals surface area contributed by atoms with Crippen molar-refractivity contribution >= 4 is 5.97 Å². The third-order valence-corrected chi connectivity index (χ3v) is 4.83. The van der Waals surface area contributed by atoms with Crippen molar-refractivity contribution in [2.45, 2.75) is 32.4 Å². The zero-order chi connectivity index (χ0) is 18.4. The molecule has 2 aromatic carbocycles. The largest absolute Gasteiger partial charge is 0.462 e. The molecule has 4 heteroatoms. The van der Waals surface area contributed by atoms with Gasteiger partial charge in [-0.3, -0.25) is 4.90 Å². The fourth-order valence-electron chi connectivity index (χ4n) is 3.41. The topological polar surface area (TPSA) is 33.9 Å². The highest BCUT2D eigenvalue weighted by Gasteiger charge is 2.23. The van der Waals surface area contributed by atoms with Gasteiger partial charge in [0.2, 0.25) is 6.04 Å². The van der Waals surface area contributed by atoms with E-state index in [0.717, 1.165) is 49.2 Å². The van der Waals surface area contributed by atoms with Crippen molar-refractivity contribution in [3.63, 3.8) is 0 Å². The van der Waals surface area contributed by atoms with Gasteiger partial charge < -0.3 is 9.58 Å². The van der Waals surface area contributed by atoms with Crippen LogP contribution in [0.1, 0.15) is 35.7 Å². The molecule has 0 aliphatic carbocycles. The van der Waals surface area contributed by atoms with Crippen LogP contribution in [-0.4, -0.2) is 36.6 Å². The highest BCUT2D eigenvalue weighted by molar-refractivity contribution is 5.90. The molecule has 0 spiro atoms. The van der Waals surface area contributed by atoms with Crippen LogP contribution >= 0.6 is 0 Å². The van der Waals surface area contributed by atoms with Crippen molar-refractivity contribution in [2.75, 3.05) is 19.7 Å². The Morgan fingerprint density at radius 2 is 1.92 bits per heavy atom. The Labute approximate surface area is 155 Å². The monoisotopic (exact) mass is 348 g/mol. The Hall–Kier alpha value is -2.64. The molecule has 1 aliphatic rings. The molecule has 134 valence electrons. The van der Waals surface area contributed by atoms with Crippen LogP contribution in [0.5, 0.6) is 0 Å². The summed E-state index contributed by atoms with van der Waals surface area (Å²) in [5, 5.41) is 0. The van der Waals surface area contributed by atoms with Crippen LogP contribution in [-0.2, 0) is 11.3 Å². The summed E-state index contributed by atoms with van der Waals surface area (Å²) in [6.45, 7) is 12.0. The quantitative estimate of drug-likeness (QED) is 0.593. The summed E-state index contributed by atoms with van der Waals surface area (Å²) in [7, 11) is 0. The predicted molar refractivity (Wildman–Crippen MR) is 103 cm³/mol. The number of piperidine rings is 1. The lowest BCUT2D eigenvalue weighted by atomic mass is 9.96. The molecular weight excluding hydrogens is 324 g/mol. The molecule has 3 rings (SSSR count). The molecule has 0 saturated carbocycles. The van der Waals surface area contributed by atoms with E-state index in [9.17, 15) is 4.79 Å². The first-order valence-corrected chi connectivity index (χ1v) is 9.15. The second kappa shape index (κ2) is 8.64. The molecule has 26 heavy (non-hydrogen) atoms. The van der Waals surface area contributed by atoms with E-state index in [1.807, 2.05) is 43.3 Å². The number of hydrogen-bond donors (Lipinski definition) is 0. The Bertz CT molecular complexity index is 788. The maximum atomic E-state index is 12.1. The average Bonchev–Trinajstić information content (AvgIpc) is 2.69. The number of esters is 1. The standard InChI is InChI=1S/C22H24N2O2/c1-3-26-22(25)18-9-10-21(17-7-5-4-6-8-17)19(15-18)16-24-13-11-20(23-2)12-14-24/h4-10,15,20H,3,11-14,16H2,1H3. The van der Waals surface area contributed by atoms with Gasteiger partial charge >= 0.3 is 5.97 Å². The Kier molecular flexibility index (Phi) is 6.04. The molecule has 0 aromatic heterocycles. The Morgan fingerprint density at radius 3 is 2.58 bits per heavy atom. The van der Waals surface area contributed by atoms with Gasteiger partial charge in [-0.1, -0.05) is 36.4 Å². The summed E-state index contributed by atoms with van der Waals surface area (Å²) < 4.78 is 5.16. The van der Waals surface area contributed by atoms with E-state index < -0.39 is 0 Å². The number of likely N-dealkylation sites (tertiary alicyclic amines) is 1. The minimum atomic E-state index is -0.278. The van der Waals surface area contributed by atoms with Gasteiger partial charge in [-0.2, -0.15) is 0 Å². The second-order valence-electron chi connectivity index (χ2n) is 6.59. The molecule has 0 bridgehead atoms. The zero-order valence-corrected chi connectivity index (χ0v) is 15.1. The lowest BCUT2D eigenvalue weighted by molar-refractivity contribution is 0.0526. The number of rotatable bonds is 5. The third-order valence-electron chi connectivity index (χ3n) is 4.83. The molecule has 1 heterocycles. The smallest absolute Gasteiger partial charge is 0.338 e. The van der Waals surface area contributed by atoms with Crippen LogP contribution in [0.4, 0.5) is 0 Å². The molecule has 1 saturated heterocycles. The minimum Gasteiger partial charge on any atom is -0.462 e. The number of benzene rings is 2. The van der Waals surface area contributed by atoms with Crippen molar-refractivity contribution in [2.24, 2.45) is 0 Å². The van der Waals surface area contributed by atoms with Gasteiger partial charge in [0.15, 0.2) is 0 Å². The number of carbonyl (C=O) groups is 1. The molecular formula is C22H24N2O2. The highest BCUT2D eigenvalue weighted by Crippen LogP contribution is 2.27.